The Morgan fingerprint density at radius 1 is 1.12 bits per heavy atom. The van der Waals surface area contributed by atoms with Crippen molar-refractivity contribution in [2.24, 2.45) is 5.41 Å². The van der Waals surface area contributed by atoms with E-state index in [0.717, 1.165) is 23.9 Å². The summed E-state index contributed by atoms with van der Waals surface area (Å²) >= 11 is 0. The summed E-state index contributed by atoms with van der Waals surface area (Å²) in [5.74, 6) is -0.105. The number of rotatable bonds is 4. The Morgan fingerprint density at radius 3 is 2.24 bits per heavy atom. The molecule has 1 amide bonds. The Morgan fingerprint density at radius 2 is 1.72 bits per heavy atom. The van der Waals surface area contributed by atoms with E-state index in [1.165, 1.54) is 26.2 Å². The maximum Gasteiger partial charge on any atom is 0.253 e. The van der Waals surface area contributed by atoms with E-state index in [9.17, 15) is 13.2 Å². The summed E-state index contributed by atoms with van der Waals surface area (Å²) in [5.41, 5.74) is 0.660. The van der Waals surface area contributed by atoms with Crippen LogP contribution in [-0.4, -0.2) is 75.2 Å². The zero-order chi connectivity index (χ0) is 18.8. The Kier molecular flexibility index (Phi) is 5.91. The van der Waals surface area contributed by atoms with Gasteiger partial charge in [0.2, 0.25) is 10.0 Å². The Bertz CT molecular complexity index is 715. The van der Waals surface area contributed by atoms with Crippen LogP contribution in [-0.2, 0) is 10.0 Å². The van der Waals surface area contributed by atoms with E-state index in [2.05, 4.69) is 25.7 Å². The molecule has 0 spiro atoms. The summed E-state index contributed by atoms with van der Waals surface area (Å²) in [6, 6.07) is 6.30. The number of carbonyl (C=O) groups is 1. The first-order chi connectivity index (χ1) is 11.5. The SMILES string of the molecule is CN(C)S(=O)(=O)c1cccc(C(=O)N2CCN(CC(C)(C)C)CC2)c1. The van der Waals surface area contributed by atoms with E-state index in [1.807, 2.05) is 0 Å². The van der Waals surface area contributed by atoms with Crippen LogP contribution in [0, 0.1) is 5.41 Å². The highest BCUT2D eigenvalue weighted by molar-refractivity contribution is 7.89. The first-order valence-corrected chi connectivity index (χ1v) is 9.99. The van der Waals surface area contributed by atoms with Crippen molar-refractivity contribution in [2.45, 2.75) is 25.7 Å². The molecule has 1 saturated heterocycles. The Balaban J connectivity index is 2.08. The molecule has 1 aromatic rings. The van der Waals surface area contributed by atoms with Crippen LogP contribution in [0.5, 0.6) is 0 Å². The molecule has 1 fully saturated rings. The molecule has 0 N–H and O–H groups in total. The van der Waals surface area contributed by atoms with Gasteiger partial charge >= 0.3 is 0 Å². The summed E-state index contributed by atoms with van der Waals surface area (Å²) in [5, 5.41) is 0. The van der Waals surface area contributed by atoms with Gasteiger partial charge in [-0.25, -0.2) is 12.7 Å². The number of sulfonamides is 1. The highest BCUT2D eigenvalue weighted by atomic mass is 32.2. The van der Waals surface area contributed by atoms with Crippen LogP contribution in [0.2, 0.25) is 0 Å². The molecule has 1 aromatic carbocycles. The summed E-state index contributed by atoms with van der Waals surface area (Å²) in [7, 11) is -0.570. The maximum absolute atomic E-state index is 12.7. The number of hydrogen-bond acceptors (Lipinski definition) is 4. The second-order valence-corrected chi connectivity index (χ2v) is 10.1. The Hall–Kier alpha value is -1.44. The second kappa shape index (κ2) is 7.43. The minimum absolute atomic E-state index is 0.105. The molecule has 1 heterocycles. The van der Waals surface area contributed by atoms with Crippen molar-refractivity contribution in [2.75, 3.05) is 46.8 Å². The second-order valence-electron chi connectivity index (χ2n) is 7.94. The third-order valence-electron chi connectivity index (χ3n) is 4.22. The fraction of sp³-hybridized carbons (Fsp3) is 0.611. The fourth-order valence-corrected chi connectivity index (χ4v) is 3.91. The van der Waals surface area contributed by atoms with E-state index in [4.69, 9.17) is 0 Å². The van der Waals surface area contributed by atoms with Gasteiger partial charge in [-0.15, -0.1) is 0 Å². The lowest BCUT2D eigenvalue weighted by Crippen LogP contribution is -2.50. The van der Waals surface area contributed by atoms with Crippen LogP contribution < -0.4 is 0 Å². The lowest BCUT2D eigenvalue weighted by molar-refractivity contribution is 0.0592. The first-order valence-electron chi connectivity index (χ1n) is 8.55. The van der Waals surface area contributed by atoms with Gasteiger partial charge in [-0.1, -0.05) is 26.8 Å². The zero-order valence-corrected chi connectivity index (χ0v) is 16.6. The van der Waals surface area contributed by atoms with Crippen LogP contribution >= 0.6 is 0 Å². The van der Waals surface area contributed by atoms with Crippen LogP contribution in [0.3, 0.4) is 0 Å². The number of hydrogen-bond donors (Lipinski definition) is 0. The fourth-order valence-electron chi connectivity index (χ4n) is 2.96. The van der Waals surface area contributed by atoms with E-state index in [0.29, 0.717) is 18.7 Å². The van der Waals surface area contributed by atoms with Crippen LogP contribution in [0.15, 0.2) is 29.2 Å². The number of piperazine rings is 1. The van der Waals surface area contributed by atoms with E-state index in [1.54, 1.807) is 17.0 Å². The summed E-state index contributed by atoms with van der Waals surface area (Å²) in [6.45, 7) is 10.7. The number of nitrogens with zero attached hydrogens (tertiary/aromatic N) is 3. The summed E-state index contributed by atoms with van der Waals surface area (Å²) in [6.07, 6.45) is 0. The number of amides is 1. The van der Waals surface area contributed by atoms with Crippen molar-refractivity contribution < 1.29 is 13.2 Å². The topological polar surface area (TPSA) is 60.9 Å². The van der Waals surface area contributed by atoms with Crippen LogP contribution in [0.4, 0.5) is 0 Å². The Labute approximate surface area is 151 Å². The predicted molar refractivity (Wildman–Crippen MR) is 99.1 cm³/mol. The molecular formula is C18H29N3O3S. The van der Waals surface area contributed by atoms with Gasteiger partial charge in [-0.2, -0.15) is 0 Å². The van der Waals surface area contributed by atoms with Crippen molar-refractivity contribution in [1.82, 2.24) is 14.1 Å². The van der Waals surface area contributed by atoms with Gasteiger partial charge in [0.05, 0.1) is 4.90 Å². The molecule has 0 aromatic heterocycles. The van der Waals surface area contributed by atoms with Gasteiger partial charge in [-0.3, -0.25) is 9.69 Å². The van der Waals surface area contributed by atoms with Gasteiger partial charge in [0.15, 0.2) is 0 Å². The molecule has 0 atom stereocenters. The third-order valence-corrected chi connectivity index (χ3v) is 6.03. The summed E-state index contributed by atoms with van der Waals surface area (Å²) < 4.78 is 25.7. The van der Waals surface area contributed by atoms with E-state index >= 15 is 0 Å². The first kappa shape index (κ1) is 19.9. The molecule has 0 saturated carbocycles. The maximum atomic E-state index is 12.7. The van der Waals surface area contributed by atoms with E-state index in [-0.39, 0.29) is 16.2 Å². The normalized spacial score (nSPS) is 17.1. The summed E-state index contributed by atoms with van der Waals surface area (Å²) in [4.78, 5) is 17.1. The molecule has 0 unspecified atom stereocenters. The standard InChI is InChI=1S/C18H29N3O3S/c1-18(2,3)14-20-9-11-21(12-10-20)17(22)15-7-6-8-16(13-15)25(23,24)19(4)5/h6-8,13H,9-12,14H2,1-5H3. The van der Waals surface area contributed by atoms with Gasteiger partial charge in [-0.05, 0) is 23.6 Å². The number of benzene rings is 1. The molecule has 6 nitrogen and oxygen atoms in total. The van der Waals surface area contributed by atoms with E-state index < -0.39 is 10.0 Å². The molecule has 0 aliphatic carbocycles. The molecule has 0 radical (unpaired) electrons. The van der Waals surface area contributed by atoms with Crippen molar-refractivity contribution in [3.05, 3.63) is 29.8 Å². The van der Waals surface area contributed by atoms with Crippen LogP contribution in [0.25, 0.3) is 0 Å². The smallest absolute Gasteiger partial charge is 0.253 e. The van der Waals surface area contributed by atoms with Crippen LogP contribution in [0.1, 0.15) is 31.1 Å². The lowest BCUT2D eigenvalue weighted by atomic mass is 9.96. The molecule has 2 rings (SSSR count). The average Bonchev–Trinajstić information content (AvgIpc) is 2.53. The lowest BCUT2D eigenvalue weighted by Gasteiger charge is -2.37. The highest BCUT2D eigenvalue weighted by Gasteiger charge is 2.26. The minimum Gasteiger partial charge on any atom is -0.336 e. The molecule has 140 valence electrons. The third kappa shape index (κ3) is 5.03. The van der Waals surface area contributed by atoms with Gasteiger partial charge < -0.3 is 4.90 Å². The van der Waals surface area contributed by atoms with Gasteiger partial charge in [0.25, 0.3) is 5.91 Å². The average molecular weight is 368 g/mol. The largest absolute Gasteiger partial charge is 0.336 e. The predicted octanol–water partition coefficient (Wildman–Crippen LogP) is 1.74. The van der Waals surface area contributed by atoms with Gasteiger partial charge in [0, 0.05) is 52.4 Å². The van der Waals surface area contributed by atoms with Crippen molar-refractivity contribution in [1.29, 1.82) is 0 Å². The minimum atomic E-state index is -3.54. The molecule has 0 bridgehead atoms. The molecular weight excluding hydrogens is 338 g/mol. The molecule has 7 heteroatoms. The molecule has 25 heavy (non-hydrogen) atoms. The van der Waals surface area contributed by atoms with Crippen molar-refractivity contribution in [3.63, 3.8) is 0 Å². The highest BCUT2D eigenvalue weighted by Crippen LogP contribution is 2.19. The number of carbonyl (C=O) groups excluding carboxylic acids is 1. The quantitative estimate of drug-likeness (QED) is 0.813. The molecule has 1 aliphatic heterocycles. The monoisotopic (exact) mass is 367 g/mol. The van der Waals surface area contributed by atoms with Crippen molar-refractivity contribution >= 4 is 15.9 Å². The zero-order valence-electron chi connectivity index (χ0n) is 15.8. The van der Waals surface area contributed by atoms with Gasteiger partial charge in [0.1, 0.15) is 0 Å². The van der Waals surface area contributed by atoms with Crippen molar-refractivity contribution in [3.8, 4) is 0 Å². The molecule has 1 aliphatic rings.